The van der Waals surface area contributed by atoms with E-state index in [2.05, 4.69) is 10.2 Å². The van der Waals surface area contributed by atoms with Gasteiger partial charge in [-0.05, 0) is 49.2 Å². The highest BCUT2D eigenvalue weighted by molar-refractivity contribution is 6.35. The molecule has 1 aliphatic carbocycles. The number of alkyl halides is 3. The summed E-state index contributed by atoms with van der Waals surface area (Å²) in [6.07, 6.45) is -3.44. The van der Waals surface area contributed by atoms with E-state index in [-0.39, 0.29) is 18.2 Å². The highest BCUT2D eigenvalue weighted by Crippen LogP contribution is 2.51. The third-order valence-electron chi connectivity index (χ3n) is 6.74. The molecule has 2 aromatic carbocycles. The van der Waals surface area contributed by atoms with Gasteiger partial charge in [-0.25, -0.2) is 0 Å². The van der Waals surface area contributed by atoms with Gasteiger partial charge < -0.3 is 15.1 Å². The second kappa shape index (κ2) is 9.99. The zero-order valence-electron chi connectivity index (χ0n) is 19.2. The summed E-state index contributed by atoms with van der Waals surface area (Å²) < 4.78 is 39.7. The lowest BCUT2D eigenvalue weighted by Crippen LogP contribution is -2.56. The number of rotatable bonds is 6. The maximum Gasteiger partial charge on any atom is 0.416 e. The summed E-state index contributed by atoms with van der Waals surface area (Å²) in [6.45, 7) is 2.33. The summed E-state index contributed by atoms with van der Waals surface area (Å²) in [7, 11) is 1.95. The topological polar surface area (TPSA) is 52.6 Å². The van der Waals surface area contributed by atoms with E-state index in [9.17, 15) is 22.8 Å². The Hall–Kier alpha value is -2.29. The first-order chi connectivity index (χ1) is 16.5. The van der Waals surface area contributed by atoms with Crippen LogP contribution in [0.3, 0.4) is 0 Å². The van der Waals surface area contributed by atoms with E-state index in [0.29, 0.717) is 60.2 Å². The number of benzene rings is 2. The molecule has 10 heteroatoms. The number of nitrogens with zero attached hydrogens (tertiary/aromatic N) is 2. The van der Waals surface area contributed by atoms with Crippen LogP contribution in [0.4, 0.5) is 13.2 Å². The molecule has 1 saturated heterocycles. The van der Waals surface area contributed by atoms with E-state index < -0.39 is 23.2 Å². The van der Waals surface area contributed by atoms with Crippen LogP contribution in [0.15, 0.2) is 42.5 Å². The maximum atomic E-state index is 13.5. The Morgan fingerprint density at radius 1 is 1.06 bits per heavy atom. The normalized spacial score (nSPS) is 18.7. The largest absolute Gasteiger partial charge is 0.416 e. The van der Waals surface area contributed by atoms with Crippen LogP contribution in [0.25, 0.3) is 0 Å². The van der Waals surface area contributed by atoms with E-state index >= 15 is 0 Å². The van der Waals surface area contributed by atoms with Gasteiger partial charge in [0.05, 0.1) is 11.0 Å². The molecule has 35 heavy (non-hydrogen) atoms. The van der Waals surface area contributed by atoms with E-state index in [1.165, 1.54) is 12.1 Å². The lowest BCUT2D eigenvalue weighted by molar-refractivity contribution is -0.138. The molecule has 0 spiro atoms. The van der Waals surface area contributed by atoms with E-state index in [0.717, 1.165) is 12.1 Å². The molecule has 5 nitrogen and oxygen atoms in total. The van der Waals surface area contributed by atoms with Crippen molar-refractivity contribution >= 4 is 35.0 Å². The van der Waals surface area contributed by atoms with Crippen molar-refractivity contribution in [3.63, 3.8) is 0 Å². The molecular formula is C25H26Cl2F3N3O2. The molecule has 1 heterocycles. The predicted octanol–water partition coefficient (Wildman–Crippen LogP) is 4.55. The molecule has 0 unspecified atom stereocenters. The minimum atomic E-state index is -4.50. The number of carbonyl (C=O) groups excluding carboxylic acids is 2. The van der Waals surface area contributed by atoms with Crippen molar-refractivity contribution in [2.24, 2.45) is 0 Å². The lowest BCUT2D eigenvalue weighted by Gasteiger charge is -2.35. The van der Waals surface area contributed by atoms with Crippen molar-refractivity contribution in [2.45, 2.75) is 36.9 Å². The summed E-state index contributed by atoms with van der Waals surface area (Å²) >= 11 is 12.4. The fraction of sp³-hybridized carbons (Fsp3) is 0.440. The Morgan fingerprint density at radius 3 is 2.34 bits per heavy atom. The van der Waals surface area contributed by atoms with Gasteiger partial charge in [-0.3, -0.25) is 9.59 Å². The molecular weight excluding hydrogens is 502 g/mol. The smallest absolute Gasteiger partial charge is 0.343 e. The van der Waals surface area contributed by atoms with Gasteiger partial charge in [-0.15, -0.1) is 0 Å². The molecule has 2 fully saturated rings. The van der Waals surface area contributed by atoms with Crippen LogP contribution in [-0.2, 0) is 27.6 Å². The van der Waals surface area contributed by atoms with Gasteiger partial charge in [0.1, 0.15) is 6.04 Å². The number of hydrogen-bond acceptors (Lipinski definition) is 3. The number of carbonyl (C=O) groups is 2. The molecule has 1 atom stereocenters. The second-order valence-corrected chi connectivity index (χ2v) is 10.1. The average molecular weight is 528 g/mol. The SMILES string of the molecule is CN1CCN(C(=O)[C@H](Cc2cccc(C(F)(F)F)c2)NC(=O)C2(c3ccc(Cl)cc3Cl)CC2)CC1. The molecule has 4 rings (SSSR count). The van der Waals surface area contributed by atoms with Gasteiger partial charge >= 0.3 is 6.18 Å². The summed E-state index contributed by atoms with van der Waals surface area (Å²) in [5.74, 6) is -0.664. The molecule has 1 saturated carbocycles. The van der Waals surface area contributed by atoms with Crippen LogP contribution in [0.5, 0.6) is 0 Å². The van der Waals surface area contributed by atoms with Crippen LogP contribution >= 0.6 is 23.2 Å². The molecule has 2 aromatic rings. The van der Waals surface area contributed by atoms with Crippen molar-refractivity contribution < 1.29 is 22.8 Å². The Bertz CT molecular complexity index is 1110. The average Bonchev–Trinajstić information content (AvgIpc) is 3.60. The maximum absolute atomic E-state index is 13.5. The molecule has 2 aliphatic rings. The number of amides is 2. The van der Waals surface area contributed by atoms with Gasteiger partial charge in [0.25, 0.3) is 0 Å². The summed E-state index contributed by atoms with van der Waals surface area (Å²) in [5.41, 5.74) is -0.720. The highest BCUT2D eigenvalue weighted by atomic mass is 35.5. The van der Waals surface area contributed by atoms with Crippen molar-refractivity contribution in [3.8, 4) is 0 Å². The van der Waals surface area contributed by atoms with Gasteiger partial charge in [0.2, 0.25) is 11.8 Å². The lowest BCUT2D eigenvalue weighted by atomic mass is 9.93. The zero-order valence-corrected chi connectivity index (χ0v) is 20.7. The Labute approximate surface area is 212 Å². The predicted molar refractivity (Wildman–Crippen MR) is 129 cm³/mol. The molecule has 188 valence electrons. The Balaban J connectivity index is 1.59. The van der Waals surface area contributed by atoms with Crippen molar-refractivity contribution in [1.29, 1.82) is 0 Å². The van der Waals surface area contributed by atoms with Crippen LogP contribution in [0.2, 0.25) is 10.0 Å². The minimum absolute atomic E-state index is 0.0503. The van der Waals surface area contributed by atoms with Gasteiger partial charge in [-0.1, -0.05) is 47.5 Å². The summed E-state index contributed by atoms with van der Waals surface area (Å²) in [4.78, 5) is 30.7. The number of piperazine rings is 1. The van der Waals surface area contributed by atoms with Crippen LogP contribution in [0, 0.1) is 0 Å². The van der Waals surface area contributed by atoms with E-state index in [1.807, 2.05) is 7.05 Å². The first-order valence-electron chi connectivity index (χ1n) is 11.4. The van der Waals surface area contributed by atoms with E-state index in [1.54, 1.807) is 23.1 Å². The minimum Gasteiger partial charge on any atom is -0.343 e. The van der Waals surface area contributed by atoms with Crippen molar-refractivity contribution in [2.75, 3.05) is 33.2 Å². The van der Waals surface area contributed by atoms with Crippen LogP contribution in [0.1, 0.15) is 29.5 Å². The molecule has 2 amide bonds. The number of halogens is 5. The van der Waals surface area contributed by atoms with Crippen LogP contribution < -0.4 is 5.32 Å². The quantitative estimate of drug-likeness (QED) is 0.599. The van der Waals surface area contributed by atoms with Crippen molar-refractivity contribution in [1.82, 2.24) is 15.1 Å². The fourth-order valence-corrected chi connectivity index (χ4v) is 5.06. The molecule has 1 aliphatic heterocycles. The second-order valence-electron chi connectivity index (χ2n) is 9.26. The van der Waals surface area contributed by atoms with Gasteiger partial charge in [-0.2, -0.15) is 13.2 Å². The molecule has 0 aromatic heterocycles. The monoisotopic (exact) mass is 527 g/mol. The van der Waals surface area contributed by atoms with Gasteiger partial charge in [0, 0.05) is 42.6 Å². The number of likely N-dealkylation sites (N-methyl/N-ethyl adjacent to an activating group) is 1. The first-order valence-corrected chi connectivity index (χ1v) is 12.2. The highest BCUT2D eigenvalue weighted by Gasteiger charge is 2.53. The molecule has 1 N–H and O–H groups in total. The fourth-order valence-electron chi connectivity index (χ4n) is 4.48. The standard InChI is InChI=1S/C25H26Cl2F3N3O2/c1-32-9-11-33(12-10-32)22(34)21(14-16-3-2-4-17(13-16)25(28,29)30)31-23(35)24(7-8-24)19-6-5-18(26)15-20(19)27/h2-6,13,15,21H,7-12,14H2,1H3,(H,31,35)/t21-/m0/s1. The van der Waals surface area contributed by atoms with Crippen LogP contribution in [-0.4, -0.2) is 60.9 Å². The summed E-state index contributed by atoms with van der Waals surface area (Å²) in [5, 5.41) is 3.67. The molecule has 0 bridgehead atoms. The van der Waals surface area contributed by atoms with E-state index in [4.69, 9.17) is 23.2 Å². The molecule has 0 radical (unpaired) electrons. The zero-order chi connectivity index (χ0) is 25.4. The van der Waals surface area contributed by atoms with Crippen molar-refractivity contribution in [3.05, 3.63) is 69.2 Å². The van der Waals surface area contributed by atoms with Gasteiger partial charge in [0.15, 0.2) is 0 Å². The first kappa shape index (κ1) is 25.8. The Kier molecular flexibility index (Phi) is 7.36. The Morgan fingerprint density at radius 2 is 1.74 bits per heavy atom. The third-order valence-corrected chi connectivity index (χ3v) is 7.29. The summed E-state index contributed by atoms with van der Waals surface area (Å²) in [6, 6.07) is 8.80. The number of nitrogens with one attached hydrogen (secondary N) is 1. The number of hydrogen-bond donors (Lipinski definition) is 1. The third kappa shape index (κ3) is 5.76.